The van der Waals surface area contributed by atoms with Gasteiger partial charge in [-0.3, -0.25) is 14.9 Å². The first-order valence-electron chi connectivity index (χ1n) is 11.4. The minimum atomic E-state index is -0.0272. The van der Waals surface area contributed by atoms with Gasteiger partial charge >= 0.3 is 0 Å². The zero-order valence-electron chi connectivity index (χ0n) is 19.0. The van der Waals surface area contributed by atoms with Gasteiger partial charge in [0.15, 0.2) is 0 Å². The Bertz CT molecular complexity index is 1660. The van der Waals surface area contributed by atoms with Crippen LogP contribution in [0.1, 0.15) is 19.8 Å². The molecule has 5 aromatic heterocycles. The summed E-state index contributed by atoms with van der Waals surface area (Å²) < 4.78 is 5.29. The maximum Gasteiger partial charge on any atom is 0.224 e. The lowest BCUT2D eigenvalue weighted by Gasteiger charge is -2.06. The Labute approximate surface area is 200 Å². The minimum absolute atomic E-state index is 0.0272. The van der Waals surface area contributed by atoms with E-state index in [1.54, 1.807) is 24.9 Å². The molecular formula is C27H22N6O2. The van der Waals surface area contributed by atoms with E-state index in [0.29, 0.717) is 12.1 Å². The quantitative estimate of drug-likeness (QED) is 0.274. The number of aromatic nitrogens is 5. The van der Waals surface area contributed by atoms with Crippen molar-refractivity contribution in [1.29, 1.82) is 0 Å². The molecule has 0 saturated carbocycles. The van der Waals surface area contributed by atoms with E-state index in [-0.39, 0.29) is 5.91 Å². The van der Waals surface area contributed by atoms with Crippen molar-refractivity contribution in [2.24, 2.45) is 0 Å². The number of hydrogen-bond donors (Lipinski definition) is 3. The highest BCUT2D eigenvalue weighted by molar-refractivity contribution is 6.00. The second-order valence-corrected chi connectivity index (χ2v) is 8.39. The van der Waals surface area contributed by atoms with Crippen molar-refractivity contribution >= 4 is 33.5 Å². The third-order valence-electron chi connectivity index (χ3n) is 5.95. The highest BCUT2D eigenvalue weighted by Gasteiger charge is 2.16. The molecule has 0 aliphatic rings. The van der Waals surface area contributed by atoms with Crippen molar-refractivity contribution in [3.63, 3.8) is 0 Å². The number of hydrogen-bond acceptors (Lipinski definition) is 5. The first kappa shape index (κ1) is 20.9. The molecular weight excluding hydrogens is 440 g/mol. The molecule has 6 rings (SSSR count). The molecule has 8 heteroatoms. The van der Waals surface area contributed by atoms with Crippen molar-refractivity contribution in [2.45, 2.75) is 19.8 Å². The van der Waals surface area contributed by atoms with Crippen LogP contribution in [-0.4, -0.2) is 31.1 Å². The van der Waals surface area contributed by atoms with Crippen LogP contribution in [0.4, 0.5) is 5.69 Å². The number of fused-ring (bicyclic) bond motifs is 2. The van der Waals surface area contributed by atoms with Gasteiger partial charge in [-0.1, -0.05) is 19.1 Å². The summed E-state index contributed by atoms with van der Waals surface area (Å²) in [6.45, 7) is 1.97. The predicted molar refractivity (Wildman–Crippen MR) is 136 cm³/mol. The molecule has 0 fully saturated rings. The Kier molecular flexibility index (Phi) is 5.11. The van der Waals surface area contributed by atoms with Crippen LogP contribution in [0, 0.1) is 0 Å². The molecule has 0 spiro atoms. The molecule has 1 amide bonds. The third-order valence-corrected chi connectivity index (χ3v) is 5.95. The van der Waals surface area contributed by atoms with E-state index >= 15 is 0 Å². The average Bonchev–Trinajstić information content (AvgIpc) is 3.63. The summed E-state index contributed by atoms with van der Waals surface area (Å²) in [6.07, 6.45) is 8.06. The number of benzene rings is 1. The van der Waals surface area contributed by atoms with E-state index in [9.17, 15) is 4.79 Å². The smallest absolute Gasteiger partial charge is 0.224 e. The fraction of sp³-hybridized carbons (Fsp3) is 0.111. The highest BCUT2D eigenvalue weighted by atomic mass is 16.3. The van der Waals surface area contributed by atoms with Gasteiger partial charge in [0.1, 0.15) is 11.2 Å². The van der Waals surface area contributed by atoms with Crippen LogP contribution in [0.25, 0.3) is 55.7 Å². The second-order valence-electron chi connectivity index (χ2n) is 8.39. The van der Waals surface area contributed by atoms with Gasteiger partial charge in [0.2, 0.25) is 5.91 Å². The molecule has 8 nitrogen and oxygen atoms in total. The van der Waals surface area contributed by atoms with E-state index in [1.807, 2.05) is 43.3 Å². The highest BCUT2D eigenvalue weighted by Crippen LogP contribution is 2.34. The molecule has 35 heavy (non-hydrogen) atoms. The van der Waals surface area contributed by atoms with Crippen molar-refractivity contribution in [2.75, 3.05) is 5.32 Å². The molecule has 3 N–H and O–H groups in total. The minimum Gasteiger partial charge on any atom is -0.472 e. The maximum atomic E-state index is 12.0. The summed E-state index contributed by atoms with van der Waals surface area (Å²) in [5, 5.41) is 11.6. The monoisotopic (exact) mass is 462 g/mol. The van der Waals surface area contributed by atoms with E-state index in [2.05, 4.69) is 37.6 Å². The van der Waals surface area contributed by atoms with Gasteiger partial charge in [-0.05, 0) is 48.4 Å². The number of nitrogens with zero attached hydrogens (tertiary/aromatic N) is 3. The number of furan rings is 1. The third kappa shape index (κ3) is 3.85. The van der Waals surface area contributed by atoms with E-state index < -0.39 is 0 Å². The van der Waals surface area contributed by atoms with Crippen molar-refractivity contribution in [3.8, 4) is 33.8 Å². The Balaban J connectivity index is 1.40. The first-order chi connectivity index (χ1) is 17.2. The number of amides is 1. The van der Waals surface area contributed by atoms with Gasteiger partial charge in [0, 0.05) is 34.6 Å². The molecule has 0 bridgehead atoms. The van der Waals surface area contributed by atoms with Crippen LogP contribution in [0.15, 0.2) is 77.9 Å². The number of nitrogens with one attached hydrogen (secondary N) is 3. The summed E-state index contributed by atoms with van der Waals surface area (Å²) in [4.78, 5) is 24.7. The summed E-state index contributed by atoms with van der Waals surface area (Å²) in [5.74, 6) is -0.0272. The number of pyridine rings is 2. The molecule has 0 saturated heterocycles. The zero-order chi connectivity index (χ0) is 23.8. The molecule has 172 valence electrons. The Morgan fingerprint density at radius 1 is 1.06 bits per heavy atom. The van der Waals surface area contributed by atoms with Crippen LogP contribution >= 0.6 is 0 Å². The lowest BCUT2D eigenvalue weighted by molar-refractivity contribution is -0.116. The van der Waals surface area contributed by atoms with Gasteiger partial charge < -0.3 is 14.7 Å². The molecule has 0 radical (unpaired) electrons. The van der Waals surface area contributed by atoms with Gasteiger partial charge in [0.05, 0.1) is 41.3 Å². The molecule has 0 aliphatic heterocycles. The van der Waals surface area contributed by atoms with Gasteiger partial charge in [-0.15, -0.1) is 0 Å². The standard InChI is InChI=1S/C27H22N6O2/c1-2-4-25(34)29-18-11-17(13-28-14-18)21-7-8-23-26(31-21)27(33-32-23)24-12-20-19(16-9-10-35-15-16)5-3-6-22(20)30-24/h3,5-15,30H,2,4H2,1H3,(H,29,34)(H,32,33). The summed E-state index contributed by atoms with van der Waals surface area (Å²) in [5.41, 5.74) is 8.50. The summed E-state index contributed by atoms with van der Waals surface area (Å²) in [7, 11) is 0. The van der Waals surface area contributed by atoms with Crippen molar-refractivity contribution in [3.05, 3.63) is 73.5 Å². The molecule has 0 atom stereocenters. The number of rotatable bonds is 6. The number of anilines is 1. The van der Waals surface area contributed by atoms with Crippen molar-refractivity contribution in [1.82, 2.24) is 25.1 Å². The zero-order valence-corrected chi connectivity index (χ0v) is 19.0. The molecule has 0 aliphatic carbocycles. The molecule has 5 heterocycles. The number of carbonyl (C=O) groups excluding carboxylic acids is 1. The van der Waals surface area contributed by atoms with E-state index in [4.69, 9.17) is 9.40 Å². The van der Waals surface area contributed by atoms with E-state index in [0.717, 1.165) is 62.1 Å². The predicted octanol–water partition coefficient (Wildman–Crippen LogP) is 6.17. The molecule has 6 aromatic rings. The summed E-state index contributed by atoms with van der Waals surface area (Å²) >= 11 is 0. The second kappa shape index (κ2) is 8.57. The summed E-state index contributed by atoms with van der Waals surface area (Å²) in [6, 6.07) is 15.9. The Morgan fingerprint density at radius 3 is 2.86 bits per heavy atom. The lowest BCUT2D eigenvalue weighted by atomic mass is 10.0. The van der Waals surface area contributed by atoms with Crippen LogP contribution in [0.5, 0.6) is 0 Å². The fourth-order valence-electron chi connectivity index (χ4n) is 4.30. The Hall–Kier alpha value is -4.72. The molecule has 1 aromatic carbocycles. The largest absolute Gasteiger partial charge is 0.472 e. The Morgan fingerprint density at radius 2 is 2.00 bits per heavy atom. The maximum absolute atomic E-state index is 12.0. The first-order valence-corrected chi connectivity index (χ1v) is 11.4. The number of aromatic amines is 2. The fourth-order valence-corrected chi connectivity index (χ4v) is 4.30. The van der Waals surface area contributed by atoms with Crippen LogP contribution in [0.2, 0.25) is 0 Å². The van der Waals surface area contributed by atoms with E-state index in [1.165, 1.54) is 0 Å². The average molecular weight is 463 g/mol. The van der Waals surface area contributed by atoms with Crippen LogP contribution in [0.3, 0.4) is 0 Å². The lowest BCUT2D eigenvalue weighted by Crippen LogP contribution is -2.10. The topological polar surface area (TPSA) is 112 Å². The van der Waals surface area contributed by atoms with Gasteiger partial charge in [-0.2, -0.15) is 5.10 Å². The van der Waals surface area contributed by atoms with Crippen LogP contribution in [-0.2, 0) is 4.79 Å². The number of carbonyl (C=O) groups is 1. The SMILES string of the molecule is CCCC(=O)Nc1cncc(-c2ccc3[nH]nc(-c4cc5c(-c6ccoc6)cccc5[nH]4)c3n2)c1. The number of H-pyrrole nitrogens is 2. The van der Waals surface area contributed by atoms with Gasteiger partial charge in [-0.25, -0.2) is 4.98 Å². The molecule has 0 unspecified atom stereocenters. The normalized spacial score (nSPS) is 11.3. The van der Waals surface area contributed by atoms with Gasteiger partial charge in [0.25, 0.3) is 0 Å². The van der Waals surface area contributed by atoms with Crippen LogP contribution < -0.4 is 5.32 Å². The van der Waals surface area contributed by atoms with Crippen molar-refractivity contribution < 1.29 is 9.21 Å².